The molecular weight excluding hydrogens is 172 g/mol. The van der Waals surface area contributed by atoms with Crippen LogP contribution in [0.2, 0.25) is 0 Å². The lowest BCUT2D eigenvalue weighted by molar-refractivity contribution is -0.129. The quantitative estimate of drug-likeness (QED) is 0.577. The molecule has 0 heterocycles. The fourth-order valence-electron chi connectivity index (χ4n) is 3.62. The topological polar surface area (TPSA) is 17.1 Å². The summed E-state index contributed by atoms with van der Waals surface area (Å²) < 4.78 is 0. The zero-order chi connectivity index (χ0) is 10.3. The second-order valence-electron chi connectivity index (χ2n) is 5.79. The van der Waals surface area contributed by atoms with Crippen molar-refractivity contribution in [1.29, 1.82) is 0 Å². The number of hydrogen-bond donors (Lipinski definition) is 0. The number of hydrogen-bond acceptors (Lipinski definition) is 1. The molecule has 1 heteroatoms. The van der Waals surface area contributed by atoms with Gasteiger partial charge in [-0.1, -0.05) is 27.2 Å². The standard InChI is InChI=1S/C13H22O/c1-9-4-5-11-8-12(14)6-7-13(11,3)10(9)2/h9-11H,4-8H2,1-3H3/t9?,10?,11?,13-/m1/s1. The molecule has 0 aromatic heterocycles. The van der Waals surface area contributed by atoms with E-state index in [-0.39, 0.29) is 0 Å². The minimum atomic E-state index is 0.464. The molecule has 0 aliphatic heterocycles. The average Bonchev–Trinajstić information content (AvgIpc) is 2.16. The summed E-state index contributed by atoms with van der Waals surface area (Å²) in [5, 5.41) is 0. The first kappa shape index (κ1) is 10.2. The molecule has 3 unspecified atom stereocenters. The highest BCUT2D eigenvalue weighted by molar-refractivity contribution is 5.79. The van der Waals surface area contributed by atoms with Gasteiger partial charge in [-0.05, 0) is 36.0 Å². The minimum Gasteiger partial charge on any atom is -0.300 e. The SMILES string of the molecule is CC1CCC2CC(=O)CC[C@]2(C)C1C. The van der Waals surface area contributed by atoms with Gasteiger partial charge < -0.3 is 0 Å². The zero-order valence-electron chi connectivity index (χ0n) is 9.68. The Morgan fingerprint density at radius 3 is 2.71 bits per heavy atom. The average molecular weight is 194 g/mol. The van der Waals surface area contributed by atoms with Crippen molar-refractivity contribution in [1.82, 2.24) is 0 Å². The van der Waals surface area contributed by atoms with Crippen molar-refractivity contribution in [3.05, 3.63) is 0 Å². The molecule has 4 atom stereocenters. The molecule has 14 heavy (non-hydrogen) atoms. The third kappa shape index (κ3) is 1.41. The number of carbonyl (C=O) groups is 1. The van der Waals surface area contributed by atoms with Gasteiger partial charge in [0.25, 0.3) is 0 Å². The van der Waals surface area contributed by atoms with Gasteiger partial charge >= 0.3 is 0 Å². The maximum absolute atomic E-state index is 11.4. The van der Waals surface area contributed by atoms with Gasteiger partial charge in [-0.25, -0.2) is 0 Å². The van der Waals surface area contributed by atoms with E-state index in [1.807, 2.05) is 0 Å². The van der Waals surface area contributed by atoms with Gasteiger partial charge in [0, 0.05) is 12.8 Å². The smallest absolute Gasteiger partial charge is 0.133 e. The molecule has 0 bridgehead atoms. The van der Waals surface area contributed by atoms with E-state index in [1.165, 1.54) is 12.8 Å². The van der Waals surface area contributed by atoms with Gasteiger partial charge in [0.2, 0.25) is 0 Å². The molecule has 80 valence electrons. The number of rotatable bonds is 0. The summed E-state index contributed by atoms with van der Waals surface area (Å²) in [7, 11) is 0. The summed E-state index contributed by atoms with van der Waals surface area (Å²) in [5.74, 6) is 2.85. The van der Waals surface area contributed by atoms with Crippen molar-refractivity contribution in [3.8, 4) is 0 Å². The van der Waals surface area contributed by atoms with Crippen LogP contribution in [-0.4, -0.2) is 5.78 Å². The molecule has 0 spiro atoms. The molecule has 0 aromatic carbocycles. The Balaban J connectivity index is 2.20. The van der Waals surface area contributed by atoms with Crippen molar-refractivity contribution < 1.29 is 4.79 Å². The fourth-order valence-corrected chi connectivity index (χ4v) is 3.62. The van der Waals surface area contributed by atoms with Gasteiger partial charge in [-0.15, -0.1) is 0 Å². The second-order valence-corrected chi connectivity index (χ2v) is 5.79. The van der Waals surface area contributed by atoms with Crippen LogP contribution in [0.4, 0.5) is 0 Å². The summed E-state index contributed by atoms with van der Waals surface area (Å²) in [6.45, 7) is 7.19. The van der Waals surface area contributed by atoms with Crippen LogP contribution in [0.15, 0.2) is 0 Å². The first-order valence-electron chi connectivity index (χ1n) is 6.05. The molecule has 2 saturated carbocycles. The van der Waals surface area contributed by atoms with Crippen molar-refractivity contribution >= 4 is 5.78 Å². The van der Waals surface area contributed by atoms with E-state index in [1.54, 1.807) is 0 Å². The van der Waals surface area contributed by atoms with E-state index in [0.29, 0.717) is 17.1 Å². The van der Waals surface area contributed by atoms with Crippen molar-refractivity contribution in [3.63, 3.8) is 0 Å². The Morgan fingerprint density at radius 2 is 2.00 bits per heavy atom. The highest BCUT2D eigenvalue weighted by Gasteiger charge is 2.47. The molecule has 2 fully saturated rings. The Hall–Kier alpha value is -0.330. The van der Waals surface area contributed by atoms with Crippen LogP contribution in [-0.2, 0) is 4.79 Å². The van der Waals surface area contributed by atoms with Crippen molar-refractivity contribution in [2.75, 3.05) is 0 Å². The normalized spacial score (nSPS) is 48.8. The third-order valence-electron chi connectivity index (χ3n) is 5.21. The highest BCUT2D eigenvalue weighted by atomic mass is 16.1. The zero-order valence-corrected chi connectivity index (χ0v) is 9.68. The Labute approximate surface area is 87.3 Å². The summed E-state index contributed by atoms with van der Waals surface area (Å²) >= 11 is 0. The molecule has 0 radical (unpaired) electrons. The fraction of sp³-hybridized carbons (Fsp3) is 0.923. The van der Waals surface area contributed by atoms with Crippen LogP contribution in [0.3, 0.4) is 0 Å². The van der Waals surface area contributed by atoms with E-state index in [0.717, 1.165) is 31.1 Å². The molecule has 1 nitrogen and oxygen atoms in total. The van der Waals surface area contributed by atoms with Gasteiger partial charge in [0.05, 0.1) is 0 Å². The monoisotopic (exact) mass is 194 g/mol. The maximum Gasteiger partial charge on any atom is 0.133 e. The predicted molar refractivity (Wildman–Crippen MR) is 58.0 cm³/mol. The van der Waals surface area contributed by atoms with E-state index in [9.17, 15) is 4.79 Å². The Morgan fingerprint density at radius 1 is 1.29 bits per heavy atom. The number of ketones is 1. The van der Waals surface area contributed by atoms with E-state index < -0.39 is 0 Å². The van der Waals surface area contributed by atoms with E-state index in [2.05, 4.69) is 20.8 Å². The lowest BCUT2D eigenvalue weighted by atomic mass is 9.53. The highest BCUT2D eigenvalue weighted by Crippen LogP contribution is 2.54. The number of Topliss-reactive ketones (excluding diaryl/α,β-unsaturated/α-hetero) is 1. The van der Waals surface area contributed by atoms with Crippen molar-refractivity contribution in [2.24, 2.45) is 23.2 Å². The lowest BCUT2D eigenvalue weighted by Gasteiger charge is -2.51. The first-order chi connectivity index (χ1) is 6.54. The predicted octanol–water partition coefficient (Wildman–Crippen LogP) is 3.43. The Kier molecular flexibility index (Phi) is 2.45. The summed E-state index contributed by atoms with van der Waals surface area (Å²) in [5.41, 5.74) is 0.464. The summed E-state index contributed by atoms with van der Waals surface area (Å²) in [6, 6.07) is 0. The van der Waals surface area contributed by atoms with Gasteiger partial charge in [-0.2, -0.15) is 0 Å². The van der Waals surface area contributed by atoms with Crippen LogP contribution in [0.5, 0.6) is 0 Å². The molecular formula is C13H22O. The van der Waals surface area contributed by atoms with Crippen LogP contribution in [0.1, 0.15) is 52.9 Å². The van der Waals surface area contributed by atoms with Crippen LogP contribution in [0, 0.1) is 23.2 Å². The minimum absolute atomic E-state index is 0.464. The van der Waals surface area contributed by atoms with E-state index >= 15 is 0 Å². The Bertz CT molecular complexity index is 246. The number of fused-ring (bicyclic) bond motifs is 1. The molecule has 0 N–H and O–H groups in total. The number of carbonyl (C=O) groups excluding carboxylic acids is 1. The molecule has 2 rings (SSSR count). The molecule has 0 amide bonds. The molecule has 2 aliphatic carbocycles. The summed E-state index contributed by atoms with van der Waals surface area (Å²) in [4.78, 5) is 11.4. The third-order valence-corrected chi connectivity index (χ3v) is 5.21. The van der Waals surface area contributed by atoms with Gasteiger partial charge in [0.1, 0.15) is 5.78 Å². The largest absolute Gasteiger partial charge is 0.300 e. The van der Waals surface area contributed by atoms with Gasteiger partial charge in [-0.3, -0.25) is 4.79 Å². The maximum atomic E-state index is 11.4. The summed E-state index contributed by atoms with van der Waals surface area (Å²) in [6.07, 6.45) is 5.46. The van der Waals surface area contributed by atoms with Crippen LogP contribution < -0.4 is 0 Å². The van der Waals surface area contributed by atoms with E-state index in [4.69, 9.17) is 0 Å². The molecule has 0 saturated heterocycles. The second kappa shape index (κ2) is 3.36. The molecule has 0 aromatic rings. The lowest BCUT2D eigenvalue weighted by Crippen LogP contribution is -2.45. The van der Waals surface area contributed by atoms with Crippen LogP contribution >= 0.6 is 0 Å². The first-order valence-corrected chi connectivity index (χ1v) is 6.05. The van der Waals surface area contributed by atoms with Crippen LogP contribution in [0.25, 0.3) is 0 Å². The van der Waals surface area contributed by atoms with Gasteiger partial charge in [0.15, 0.2) is 0 Å². The molecule has 2 aliphatic rings. The van der Waals surface area contributed by atoms with Crippen molar-refractivity contribution in [2.45, 2.75) is 52.9 Å².